The summed E-state index contributed by atoms with van der Waals surface area (Å²) in [7, 11) is 1.43. The average Bonchev–Trinajstić information content (AvgIpc) is 3.05. The second-order valence-corrected chi connectivity index (χ2v) is 5.81. The minimum atomic E-state index is -0.705. The van der Waals surface area contributed by atoms with Crippen molar-refractivity contribution in [2.24, 2.45) is 0 Å². The Labute approximate surface area is 113 Å². The van der Waals surface area contributed by atoms with Gasteiger partial charge in [0.1, 0.15) is 5.60 Å². The van der Waals surface area contributed by atoms with Crippen LogP contribution in [0.2, 0.25) is 0 Å². The number of epoxide rings is 1. The Hall–Kier alpha value is -1.35. The zero-order chi connectivity index (χ0) is 13.5. The van der Waals surface area contributed by atoms with Gasteiger partial charge in [0.2, 0.25) is 0 Å². The van der Waals surface area contributed by atoms with Crippen LogP contribution in [0.25, 0.3) is 0 Å². The van der Waals surface area contributed by atoms with Crippen molar-refractivity contribution >= 4 is 5.97 Å². The first kappa shape index (κ1) is 12.7. The molecule has 0 amide bonds. The van der Waals surface area contributed by atoms with Crippen molar-refractivity contribution in [3.8, 4) is 0 Å². The molecule has 102 valence electrons. The number of esters is 1. The Morgan fingerprint density at radius 3 is 2.47 bits per heavy atom. The molecule has 3 heteroatoms. The summed E-state index contributed by atoms with van der Waals surface area (Å²) in [4.78, 5) is 11.8. The SMILES string of the molecule is COC(=O)C1(C)OC12CCC(c1ccccc1)CC2. The maximum Gasteiger partial charge on any atom is 0.340 e. The van der Waals surface area contributed by atoms with Crippen molar-refractivity contribution < 1.29 is 14.3 Å². The molecular weight excluding hydrogens is 240 g/mol. The molecule has 0 N–H and O–H groups in total. The lowest BCUT2D eigenvalue weighted by Gasteiger charge is -2.28. The van der Waals surface area contributed by atoms with Crippen molar-refractivity contribution in [2.75, 3.05) is 7.11 Å². The zero-order valence-electron chi connectivity index (χ0n) is 11.5. The van der Waals surface area contributed by atoms with E-state index in [-0.39, 0.29) is 11.6 Å². The smallest absolute Gasteiger partial charge is 0.340 e. The largest absolute Gasteiger partial charge is 0.467 e. The van der Waals surface area contributed by atoms with Crippen molar-refractivity contribution in [1.29, 1.82) is 0 Å². The highest BCUT2D eigenvalue weighted by molar-refractivity contribution is 5.84. The standard InChI is InChI=1S/C16H20O3/c1-15(14(17)18-2)16(19-15)10-8-13(9-11-16)12-6-4-3-5-7-12/h3-7,13H,8-11H2,1-2H3. The van der Waals surface area contributed by atoms with Crippen LogP contribution in [-0.2, 0) is 14.3 Å². The van der Waals surface area contributed by atoms with Gasteiger partial charge in [-0.2, -0.15) is 0 Å². The van der Waals surface area contributed by atoms with E-state index in [0.717, 1.165) is 25.7 Å². The number of hydrogen-bond acceptors (Lipinski definition) is 3. The molecule has 1 saturated heterocycles. The van der Waals surface area contributed by atoms with Gasteiger partial charge < -0.3 is 9.47 Å². The summed E-state index contributed by atoms with van der Waals surface area (Å²) in [6.07, 6.45) is 4.05. The van der Waals surface area contributed by atoms with E-state index in [1.807, 2.05) is 13.0 Å². The molecule has 0 bridgehead atoms. The number of carbonyl (C=O) groups excluding carboxylic acids is 1. The first-order chi connectivity index (χ1) is 9.11. The van der Waals surface area contributed by atoms with Gasteiger partial charge in [-0.15, -0.1) is 0 Å². The fraction of sp³-hybridized carbons (Fsp3) is 0.562. The first-order valence-corrected chi connectivity index (χ1v) is 6.95. The van der Waals surface area contributed by atoms with Gasteiger partial charge in [0.05, 0.1) is 7.11 Å². The molecule has 2 aliphatic rings. The number of hydrogen-bond donors (Lipinski definition) is 0. The molecule has 3 rings (SSSR count). The number of rotatable bonds is 2. The zero-order valence-corrected chi connectivity index (χ0v) is 11.5. The Kier molecular flexibility index (Phi) is 2.90. The normalized spacial score (nSPS) is 37.1. The molecule has 2 fully saturated rings. The second-order valence-electron chi connectivity index (χ2n) is 5.81. The first-order valence-electron chi connectivity index (χ1n) is 6.95. The van der Waals surface area contributed by atoms with Gasteiger partial charge >= 0.3 is 5.97 Å². The van der Waals surface area contributed by atoms with Gasteiger partial charge in [-0.05, 0) is 44.1 Å². The third-order valence-corrected chi connectivity index (χ3v) is 4.87. The lowest BCUT2D eigenvalue weighted by molar-refractivity contribution is -0.146. The minimum Gasteiger partial charge on any atom is -0.467 e. The number of ether oxygens (including phenoxy) is 2. The summed E-state index contributed by atoms with van der Waals surface area (Å²) >= 11 is 0. The van der Waals surface area contributed by atoms with E-state index in [1.165, 1.54) is 12.7 Å². The summed E-state index contributed by atoms with van der Waals surface area (Å²) < 4.78 is 10.6. The van der Waals surface area contributed by atoms with Crippen molar-refractivity contribution in [1.82, 2.24) is 0 Å². The Morgan fingerprint density at radius 1 is 1.26 bits per heavy atom. The maximum atomic E-state index is 11.8. The molecule has 1 aromatic carbocycles. The molecule has 19 heavy (non-hydrogen) atoms. The van der Waals surface area contributed by atoms with Crippen LogP contribution in [0.15, 0.2) is 30.3 Å². The molecule has 1 spiro atoms. The van der Waals surface area contributed by atoms with E-state index in [0.29, 0.717) is 5.92 Å². The quantitative estimate of drug-likeness (QED) is 0.606. The highest BCUT2D eigenvalue weighted by Crippen LogP contribution is 2.58. The lowest BCUT2D eigenvalue weighted by atomic mass is 9.74. The van der Waals surface area contributed by atoms with Crippen LogP contribution in [-0.4, -0.2) is 24.3 Å². The molecular formula is C16H20O3. The second kappa shape index (κ2) is 4.34. The Balaban J connectivity index is 1.67. The molecule has 1 unspecified atom stereocenters. The van der Waals surface area contributed by atoms with E-state index in [2.05, 4.69) is 24.3 Å². The minimum absolute atomic E-state index is 0.231. The number of methoxy groups -OCH3 is 1. The fourth-order valence-electron chi connectivity index (χ4n) is 3.51. The summed E-state index contributed by atoms with van der Waals surface area (Å²) in [5.74, 6) is 0.364. The van der Waals surface area contributed by atoms with Crippen LogP contribution in [0.3, 0.4) is 0 Å². The van der Waals surface area contributed by atoms with Crippen LogP contribution in [0, 0.1) is 0 Å². The average molecular weight is 260 g/mol. The van der Waals surface area contributed by atoms with Crippen molar-refractivity contribution in [2.45, 2.75) is 49.7 Å². The molecule has 0 aromatic heterocycles. The molecule has 1 aliphatic heterocycles. The van der Waals surface area contributed by atoms with Crippen molar-refractivity contribution in [3.63, 3.8) is 0 Å². The summed E-state index contributed by atoms with van der Waals surface area (Å²) in [6.45, 7) is 1.86. The summed E-state index contributed by atoms with van der Waals surface area (Å²) in [6, 6.07) is 10.6. The molecule has 1 heterocycles. The van der Waals surface area contributed by atoms with E-state index in [9.17, 15) is 4.79 Å². The molecule has 1 saturated carbocycles. The predicted octanol–water partition coefficient (Wildman–Crippen LogP) is 3.04. The van der Waals surface area contributed by atoms with Gasteiger partial charge in [0, 0.05) is 0 Å². The van der Waals surface area contributed by atoms with Crippen LogP contribution in [0.1, 0.15) is 44.1 Å². The Morgan fingerprint density at radius 2 is 1.89 bits per heavy atom. The van der Waals surface area contributed by atoms with Gasteiger partial charge in [-0.1, -0.05) is 30.3 Å². The van der Waals surface area contributed by atoms with E-state index < -0.39 is 5.60 Å². The topological polar surface area (TPSA) is 38.8 Å². The van der Waals surface area contributed by atoms with Gasteiger partial charge in [-0.3, -0.25) is 0 Å². The molecule has 0 radical (unpaired) electrons. The van der Waals surface area contributed by atoms with Crippen LogP contribution >= 0.6 is 0 Å². The third-order valence-electron chi connectivity index (χ3n) is 4.87. The predicted molar refractivity (Wildman–Crippen MR) is 71.9 cm³/mol. The Bertz CT molecular complexity index is 474. The van der Waals surface area contributed by atoms with Gasteiger partial charge in [0.15, 0.2) is 5.60 Å². The monoisotopic (exact) mass is 260 g/mol. The van der Waals surface area contributed by atoms with Crippen LogP contribution < -0.4 is 0 Å². The maximum absolute atomic E-state index is 11.8. The highest BCUT2D eigenvalue weighted by atomic mass is 16.7. The van der Waals surface area contributed by atoms with Crippen LogP contribution in [0.4, 0.5) is 0 Å². The molecule has 1 atom stereocenters. The van der Waals surface area contributed by atoms with Crippen LogP contribution in [0.5, 0.6) is 0 Å². The van der Waals surface area contributed by atoms with Gasteiger partial charge in [0.25, 0.3) is 0 Å². The summed E-state index contributed by atoms with van der Waals surface area (Å²) in [5.41, 5.74) is 0.437. The fourth-order valence-corrected chi connectivity index (χ4v) is 3.51. The molecule has 3 nitrogen and oxygen atoms in total. The summed E-state index contributed by atoms with van der Waals surface area (Å²) in [5, 5.41) is 0. The third kappa shape index (κ3) is 1.88. The molecule has 1 aromatic rings. The lowest BCUT2D eigenvalue weighted by Crippen LogP contribution is -2.35. The number of benzene rings is 1. The van der Waals surface area contributed by atoms with E-state index in [4.69, 9.17) is 9.47 Å². The van der Waals surface area contributed by atoms with Crippen molar-refractivity contribution in [3.05, 3.63) is 35.9 Å². The number of carbonyl (C=O) groups is 1. The molecule has 1 aliphatic carbocycles. The van der Waals surface area contributed by atoms with E-state index >= 15 is 0 Å². The van der Waals surface area contributed by atoms with E-state index in [1.54, 1.807) is 0 Å². The van der Waals surface area contributed by atoms with Gasteiger partial charge in [-0.25, -0.2) is 4.79 Å². The highest BCUT2D eigenvalue weighted by Gasteiger charge is 2.72.